The van der Waals surface area contributed by atoms with Gasteiger partial charge >= 0.3 is 6.03 Å². The second kappa shape index (κ2) is 7.36. The van der Waals surface area contributed by atoms with E-state index in [1.165, 1.54) is 0 Å². The molecule has 0 atom stereocenters. The molecule has 8 heteroatoms. The zero-order valence-corrected chi connectivity index (χ0v) is 13.9. The molecule has 7 nitrogen and oxygen atoms in total. The average Bonchev–Trinajstić information content (AvgIpc) is 3.01. The van der Waals surface area contributed by atoms with Crippen LogP contribution in [-0.4, -0.2) is 58.6 Å². The summed E-state index contributed by atoms with van der Waals surface area (Å²) in [7, 11) is 0. The lowest BCUT2D eigenvalue weighted by Gasteiger charge is -2.34. The Morgan fingerprint density at radius 2 is 2.00 bits per heavy atom. The number of thiazole rings is 1. The number of urea groups is 1. The Morgan fingerprint density at radius 1 is 1.26 bits per heavy atom. The molecular weight excluding hydrogens is 312 g/mol. The molecule has 0 bridgehead atoms. The van der Waals surface area contributed by atoms with E-state index in [1.807, 2.05) is 17.2 Å². The van der Waals surface area contributed by atoms with Crippen molar-refractivity contribution in [1.29, 1.82) is 0 Å². The fourth-order valence-electron chi connectivity index (χ4n) is 2.50. The number of carbonyl (C=O) groups excluding carboxylic acids is 1. The molecule has 0 aromatic carbocycles. The Kier molecular flexibility index (Phi) is 5.02. The first-order chi connectivity index (χ1) is 11.2. The Morgan fingerprint density at radius 3 is 2.65 bits per heavy atom. The lowest BCUT2D eigenvalue weighted by Crippen LogP contribution is -2.52. The monoisotopic (exact) mass is 332 g/mol. The van der Waals surface area contributed by atoms with Gasteiger partial charge in [-0.15, -0.1) is 11.3 Å². The number of amides is 2. The molecule has 122 valence electrons. The molecule has 0 radical (unpaired) electrons. The van der Waals surface area contributed by atoms with Crippen molar-refractivity contribution in [3.8, 4) is 0 Å². The Labute approximate surface area is 139 Å². The van der Waals surface area contributed by atoms with Gasteiger partial charge in [-0.05, 0) is 13.0 Å². The molecule has 2 aromatic heterocycles. The Hall–Kier alpha value is -2.22. The maximum atomic E-state index is 12.2. The fourth-order valence-corrected chi connectivity index (χ4v) is 3.14. The van der Waals surface area contributed by atoms with E-state index in [1.54, 1.807) is 29.8 Å². The largest absolute Gasteiger partial charge is 0.338 e. The first-order valence-corrected chi connectivity index (χ1v) is 8.56. The van der Waals surface area contributed by atoms with Crippen molar-refractivity contribution in [2.75, 3.05) is 37.6 Å². The molecule has 0 aliphatic carbocycles. The van der Waals surface area contributed by atoms with Crippen LogP contribution in [0.2, 0.25) is 0 Å². The second-order valence-electron chi connectivity index (χ2n) is 5.36. The van der Waals surface area contributed by atoms with E-state index in [0.717, 1.165) is 36.2 Å². The second-order valence-corrected chi connectivity index (χ2v) is 6.42. The van der Waals surface area contributed by atoms with E-state index < -0.39 is 0 Å². The van der Waals surface area contributed by atoms with Crippen LogP contribution in [-0.2, 0) is 6.42 Å². The van der Waals surface area contributed by atoms with Crippen molar-refractivity contribution in [2.45, 2.75) is 13.3 Å². The van der Waals surface area contributed by atoms with Crippen molar-refractivity contribution in [2.24, 2.45) is 0 Å². The van der Waals surface area contributed by atoms with E-state index in [2.05, 4.69) is 25.2 Å². The standard InChI is InChI=1S/C15H20N6OS/c1-12-19-13(11-23-12)3-6-18-15(22)21-9-7-20(8-10-21)14-16-4-2-5-17-14/h2,4-5,11H,3,6-10H2,1H3,(H,18,22). The van der Waals surface area contributed by atoms with Gasteiger partial charge in [0.05, 0.1) is 10.7 Å². The zero-order chi connectivity index (χ0) is 16.1. The van der Waals surface area contributed by atoms with Gasteiger partial charge in [0.25, 0.3) is 0 Å². The normalized spacial score (nSPS) is 14.8. The van der Waals surface area contributed by atoms with Crippen molar-refractivity contribution in [1.82, 2.24) is 25.2 Å². The minimum absolute atomic E-state index is 0.00872. The van der Waals surface area contributed by atoms with Crippen molar-refractivity contribution in [3.05, 3.63) is 34.5 Å². The number of rotatable bonds is 4. The highest BCUT2D eigenvalue weighted by Gasteiger charge is 2.22. The van der Waals surface area contributed by atoms with E-state index in [9.17, 15) is 4.79 Å². The molecule has 0 saturated carbocycles. The third-order valence-electron chi connectivity index (χ3n) is 3.73. The van der Waals surface area contributed by atoms with Crippen LogP contribution >= 0.6 is 11.3 Å². The Bertz CT molecular complexity index is 638. The molecule has 1 aliphatic rings. The quantitative estimate of drug-likeness (QED) is 0.914. The van der Waals surface area contributed by atoms with Gasteiger partial charge in [-0.3, -0.25) is 0 Å². The lowest BCUT2D eigenvalue weighted by atomic mass is 10.3. The topological polar surface area (TPSA) is 74.2 Å². The number of nitrogens with zero attached hydrogens (tertiary/aromatic N) is 5. The number of nitrogens with one attached hydrogen (secondary N) is 1. The SMILES string of the molecule is Cc1nc(CCNC(=O)N2CCN(c3ncccn3)CC2)cs1. The predicted octanol–water partition coefficient (Wildman–Crippen LogP) is 1.32. The molecule has 0 unspecified atom stereocenters. The molecule has 1 N–H and O–H groups in total. The molecule has 3 heterocycles. The first kappa shape index (κ1) is 15.7. The van der Waals surface area contributed by atoms with Crippen LogP contribution in [0, 0.1) is 6.92 Å². The molecule has 1 saturated heterocycles. The van der Waals surface area contributed by atoms with E-state index in [-0.39, 0.29) is 6.03 Å². The smallest absolute Gasteiger partial charge is 0.317 e. The van der Waals surface area contributed by atoms with E-state index >= 15 is 0 Å². The van der Waals surface area contributed by atoms with Gasteiger partial charge < -0.3 is 15.1 Å². The number of aromatic nitrogens is 3. The number of piperazine rings is 1. The maximum Gasteiger partial charge on any atom is 0.317 e. The predicted molar refractivity (Wildman–Crippen MR) is 89.8 cm³/mol. The molecular formula is C15H20N6OS. The molecule has 1 aliphatic heterocycles. The third-order valence-corrected chi connectivity index (χ3v) is 4.55. The molecule has 1 fully saturated rings. The van der Waals surface area contributed by atoms with Gasteiger partial charge in [-0.2, -0.15) is 0 Å². The van der Waals surface area contributed by atoms with Crippen LogP contribution < -0.4 is 10.2 Å². The molecule has 3 rings (SSSR count). The summed E-state index contributed by atoms with van der Waals surface area (Å²) >= 11 is 1.64. The number of anilines is 1. The Balaban J connectivity index is 1.41. The maximum absolute atomic E-state index is 12.2. The summed E-state index contributed by atoms with van der Waals surface area (Å²) in [5.41, 5.74) is 1.04. The number of carbonyl (C=O) groups is 1. The fraction of sp³-hybridized carbons (Fsp3) is 0.467. The van der Waals surface area contributed by atoms with Crippen molar-refractivity contribution >= 4 is 23.3 Å². The summed E-state index contributed by atoms with van der Waals surface area (Å²) in [6.07, 6.45) is 4.25. The van der Waals surface area contributed by atoms with Gasteiger partial charge in [0.15, 0.2) is 0 Å². The highest BCUT2D eigenvalue weighted by atomic mass is 32.1. The van der Waals surface area contributed by atoms with Gasteiger partial charge in [0, 0.05) is 56.9 Å². The van der Waals surface area contributed by atoms with E-state index in [0.29, 0.717) is 19.6 Å². The highest BCUT2D eigenvalue weighted by Crippen LogP contribution is 2.10. The number of aryl methyl sites for hydroxylation is 1. The molecule has 2 aromatic rings. The van der Waals surface area contributed by atoms with Gasteiger partial charge in [0.2, 0.25) is 5.95 Å². The van der Waals surface area contributed by atoms with E-state index in [4.69, 9.17) is 0 Å². The zero-order valence-electron chi connectivity index (χ0n) is 13.1. The number of hydrogen-bond acceptors (Lipinski definition) is 6. The average molecular weight is 332 g/mol. The lowest BCUT2D eigenvalue weighted by molar-refractivity contribution is 0.194. The van der Waals surface area contributed by atoms with Gasteiger partial charge in [-0.25, -0.2) is 19.7 Å². The highest BCUT2D eigenvalue weighted by molar-refractivity contribution is 7.09. The summed E-state index contributed by atoms with van der Waals surface area (Å²) in [6.45, 7) is 5.47. The van der Waals surface area contributed by atoms with Gasteiger partial charge in [-0.1, -0.05) is 0 Å². The molecule has 0 spiro atoms. The van der Waals surface area contributed by atoms with Crippen LogP contribution in [0.5, 0.6) is 0 Å². The summed E-state index contributed by atoms with van der Waals surface area (Å²) < 4.78 is 0. The van der Waals surface area contributed by atoms with Crippen LogP contribution in [0.25, 0.3) is 0 Å². The molecule has 23 heavy (non-hydrogen) atoms. The third kappa shape index (κ3) is 4.16. The van der Waals surface area contributed by atoms with Crippen LogP contribution in [0.4, 0.5) is 10.7 Å². The summed E-state index contributed by atoms with van der Waals surface area (Å²) in [5.74, 6) is 0.728. The number of hydrogen-bond donors (Lipinski definition) is 1. The van der Waals surface area contributed by atoms with Crippen LogP contribution in [0.3, 0.4) is 0 Å². The minimum atomic E-state index is -0.00872. The minimum Gasteiger partial charge on any atom is -0.338 e. The van der Waals surface area contributed by atoms with Crippen LogP contribution in [0.1, 0.15) is 10.7 Å². The summed E-state index contributed by atoms with van der Waals surface area (Å²) in [6, 6.07) is 1.79. The molecule has 2 amide bonds. The summed E-state index contributed by atoms with van der Waals surface area (Å²) in [4.78, 5) is 29.0. The van der Waals surface area contributed by atoms with Crippen LogP contribution in [0.15, 0.2) is 23.8 Å². The van der Waals surface area contributed by atoms with Crippen molar-refractivity contribution in [3.63, 3.8) is 0 Å². The summed E-state index contributed by atoms with van der Waals surface area (Å²) in [5, 5.41) is 6.07. The first-order valence-electron chi connectivity index (χ1n) is 7.68. The van der Waals surface area contributed by atoms with Crippen molar-refractivity contribution < 1.29 is 4.79 Å². The van der Waals surface area contributed by atoms with Gasteiger partial charge in [0.1, 0.15) is 0 Å².